The third-order valence-corrected chi connectivity index (χ3v) is 8.34. The summed E-state index contributed by atoms with van der Waals surface area (Å²) in [6.45, 7) is 0. The van der Waals surface area contributed by atoms with Crippen molar-refractivity contribution in [3.05, 3.63) is 77.8 Å². The Morgan fingerprint density at radius 2 is 1.38 bits per heavy atom. The second-order valence-corrected chi connectivity index (χ2v) is 8.91. The van der Waals surface area contributed by atoms with Gasteiger partial charge in [0.15, 0.2) is 0 Å². The molecule has 0 aromatic heterocycles. The molecule has 1 aliphatic rings. The molecule has 0 spiro atoms. The fourth-order valence-corrected chi connectivity index (χ4v) is 7.32. The van der Waals surface area contributed by atoms with Crippen molar-refractivity contribution in [3.8, 4) is 11.1 Å². The highest BCUT2D eigenvalue weighted by molar-refractivity contribution is 8.33. The van der Waals surface area contributed by atoms with Gasteiger partial charge in [0, 0.05) is 9.79 Å². The summed E-state index contributed by atoms with van der Waals surface area (Å²) in [4.78, 5) is 4.09. The zero-order valence-electron chi connectivity index (χ0n) is 11.7. The number of benzene rings is 3. The van der Waals surface area contributed by atoms with Crippen molar-refractivity contribution < 1.29 is 0 Å². The summed E-state index contributed by atoms with van der Waals surface area (Å²) in [7, 11) is -1.26. The highest BCUT2D eigenvalue weighted by Gasteiger charge is 2.37. The first-order valence-electron chi connectivity index (χ1n) is 6.94. The van der Waals surface area contributed by atoms with Gasteiger partial charge in [0.05, 0.1) is 5.02 Å². The van der Waals surface area contributed by atoms with Crippen molar-refractivity contribution in [2.24, 2.45) is 0 Å². The van der Waals surface area contributed by atoms with E-state index in [9.17, 15) is 0 Å². The van der Waals surface area contributed by atoms with Crippen LogP contribution in [-0.2, 0) is 0 Å². The second kappa shape index (κ2) is 4.66. The zero-order valence-corrected chi connectivity index (χ0v) is 13.3. The van der Waals surface area contributed by atoms with E-state index in [1.54, 1.807) is 0 Å². The highest BCUT2D eigenvalue weighted by Crippen LogP contribution is 2.74. The number of rotatable bonds is 1. The lowest BCUT2D eigenvalue weighted by atomic mass is 10.1. The Bertz CT molecular complexity index is 826. The average Bonchev–Trinajstić information content (AvgIpc) is 2.81. The fraction of sp³-hybridized carbons (Fsp3) is 0.0526. The first-order chi connectivity index (χ1) is 10.2. The van der Waals surface area contributed by atoms with Crippen LogP contribution in [-0.4, -0.2) is 6.26 Å². The summed E-state index contributed by atoms with van der Waals surface area (Å²) in [6, 6.07) is 25.7. The summed E-state index contributed by atoms with van der Waals surface area (Å²) in [5.74, 6) is 0. The molecule has 0 N–H and O–H groups in total. The Labute approximate surface area is 131 Å². The van der Waals surface area contributed by atoms with Crippen LogP contribution in [0.25, 0.3) is 11.1 Å². The Balaban J connectivity index is 2.13. The predicted molar refractivity (Wildman–Crippen MR) is 91.6 cm³/mol. The molecule has 1 atom stereocenters. The van der Waals surface area contributed by atoms with Gasteiger partial charge in [-0.15, -0.1) is 0 Å². The summed E-state index contributed by atoms with van der Waals surface area (Å²) < 4.78 is 0. The molecule has 2 heteroatoms. The number of hydrogen-bond donors (Lipinski definition) is 0. The van der Waals surface area contributed by atoms with Crippen molar-refractivity contribution in [2.75, 3.05) is 6.26 Å². The van der Waals surface area contributed by atoms with Gasteiger partial charge in [0.1, 0.15) is 0 Å². The van der Waals surface area contributed by atoms with Crippen LogP contribution in [0.5, 0.6) is 0 Å². The van der Waals surface area contributed by atoms with Gasteiger partial charge >= 0.3 is 0 Å². The molecular weight excluding hydrogens is 296 g/mol. The van der Waals surface area contributed by atoms with Gasteiger partial charge in [-0.05, 0) is 46.5 Å². The monoisotopic (exact) mass is 310 g/mol. The van der Waals surface area contributed by atoms with Gasteiger partial charge in [-0.2, -0.15) is 10.0 Å². The fourth-order valence-electron chi connectivity index (χ4n) is 3.23. The molecule has 0 nitrogen and oxygen atoms in total. The highest BCUT2D eigenvalue weighted by atomic mass is 35.5. The Morgan fingerprint density at radius 1 is 0.714 bits per heavy atom. The van der Waals surface area contributed by atoms with Crippen LogP contribution < -0.4 is 0 Å². The van der Waals surface area contributed by atoms with Crippen molar-refractivity contribution in [1.29, 1.82) is 0 Å². The van der Waals surface area contributed by atoms with Gasteiger partial charge in [0.2, 0.25) is 0 Å². The molecule has 1 aliphatic heterocycles. The molecule has 3 aromatic carbocycles. The van der Waals surface area contributed by atoms with Crippen LogP contribution in [0.4, 0.5) is 0 Å². The number of hydrogen-bond acceptors (Lipinski definition) is 0. The molecular formula is C19H15ClS. The van der Waals surface area contributed by atoms with Crippen molar-refractivity contribution in [2.45, 2.75) is 14.7 Å². The molecule has 0 aliphatic carbocycles. The minimum Gasteiger partial charge on any atom is -0.161 e. The number of halogens is 1. The average molecular weight is 311 g/mol. The molecule has 3 aromatic rings. The van der Waals surface area contributed by atoms with Gasteiger partial charge in [0.25, 0.3) is 0 Å². The Morgan fingerprint density at radius 3 is 2.19 bits per heavy atom. The quantitative estimate of drug-likeness (QED) is 0.499. The smallest absolute Gasteiger partial charge is 0.0539 e. The molecule has 0 saturated heterocycles. The maximum absolute atomic E-state index is 6.61. The van der Waals surface area contributed by atoms with Crippen LogP contribution in [0.3, 0.4) is 0 Å². The molecule has 0 amide bonds. The van der Waals surface area contributed by atoms with E-state index in [2.05, 4.69) is 66.9 Å². The molecule has 0 fully saturated rings. The van der Waals surface area contributed by atoms with Gasteiger partial charge in [-0.3, -0.25) is 0 Å². The van der Waals surface area contributed by atoms with E-state index in [1.807, 2.05) is 12.1 Å². The summed E-state index contributed by atoms with van der Waals surface area (Å²) >= 11 is 6.61. The molecule has 0 radical (unpaired) electrons. The molecule has 1 heterocycles. The van der Waals surface area contributed by atoms with Gasteiger partial charge in [-0.25, -0.2) is 0 Å². The predicted octanol–water partition coefficient (Wildman–Crippen LogP) is 6.23. The van der Waals surface area contributed by atoms with E-state index >= 15 is 0 Å². The molecule has 1 unspecified atom stereocenters. The number of fused-ring (bicyclic) bond motifs is 3. The maximum atomic E-state index is 6.61. The third kappa shape index (κ3) is 1.71. The van der Waals surface area contributed by atoms with Crippen LogP contribution in [0.15, 0.2) is 87.5 Å². The van der Waals surface area contributed by atoms with Gasteiger partial charge in [-0.1, -0.05) is 60.1 Å². The van der Waals surface area contributed by atoms with Crippen LogP contribution in [0.2, 0.25) is 5.02 Å². The second-order valence-electron chi connectivity index (χ2n) is 5.34. The van der Waals surface area contributed by atoms with E-state index < -0.39 is 10.0 Å². The summed E-state index contributed by atoms with van der Waals surface area (Å²) in [5, 5.41) is 0.880. The Kier molecular flexibility index (Phi) is 2.88. The maximum Gasteiger partial charge on any atom is 0.0539 e. The minimum absolute atomic E-state index is 0.880. The minimum atomic E-state index is -1.26. The topological polar surface area (TPSA) is 0 Å². The largest absolute Gasteiger partial charge is 0.161 e. The van der Waals surface area contributed by atoms with Crippen LogP contribution in [0, 0.1) is 0 Å². The molecule has 104 valence electrons. The van der Waals surface area contributed by atoms with Gasteiger partial charge < -0.3 is 0 Å². The lowest BCUT2D eigenvalue weighted by molar-refractivity contribution is 1.36. The molecule has 0 bridgehead atoms. The van der Waals surface area contributed by atoms with E-state index in [4.69, 9.17) is 11.6 Å². The first-order valence-corrected chi connectivity index (χ1v) is 9.36. The van der Waals surface area contributed by atoms with Crippen LogP contribution in [0.1, 0.15) is 0 Å². The third-order valence-electron chi connectivity index (χ3n) is 4.21. The van der Waals surface area contributed by atoms with E-state index in [0.29, 0.717) is 0 Å². The molecule has 4 rings (SSSR count). The lowest BCUT2D eigenvalue weighted by Crippen LogP contribution is -1.98. The van der Waals surface area contributed by atoms with Crippen molar-refractivity contribution in [1.82, 2.24) is 0 Å². The summed E-state index contributed by atoms with van der Waals surface area (Å²) in [5.41, 5.74) is 2.62. The molecule has 21 heavy (non-hydrogen) atoms. The van der Waals surface area contributed by atoms with Crippen molar-refractivity contribution in [3.63, 3.8) is 0 Å². The standard InChI is InChI=1S/C19H15ClS/c1-21(14-8-3-2-4-9-14)18-13-6-5-10-15(18)16-11-7-12-17(20)19(16)21/h2-13H,1H3. The van der Waals surface area contributed by atoms with E-state index in [0.717, 1.165) is 5.02 Å². The van der Waals surface area contributed by atoms with Crippen LogP contribution >= 0.6 is 21.6 Å². The Hall–Kier alpha value is -1.70. The summed E-state index contributed by atoms with van der Waals surface area (Å²) in [6.07, 6.45) is 2.36. The normalized spacial score (nSPS) is 22.2. The zero-order chi connectivity index (χ0) is 14.4. The SMILES string of the molecule is CS1(c2ccccc2)c2ccccc2-c2cccc(Cl)c21. The lowest BCUT2D eigenvalue weighted by Gasteiger charge is -2.34. The van der Waals surface area contributed by atoms with E-state index in [1.165, 1.54) is 25.8 Å². The van der Waals surface area contributed by atoms with E-state index in [-0.39, 0.29) is 0 Å². The van der Waals surface area contributed by atoms with Crippen molar-refractivity contribution >= 4 is 21.6 Å². The molecule has 0 saturated carbocycles. The first kappa shape index (κ1) is 13.0.